The number of piperidine rings is 1. The van der Waals surface area contributed by atoms with E-state index >= 15 is 0 Å². The van der Waals surface area contributed by atoms with E-state index in [9.17, 15) is 9.18 Å². The van der Waals surface area contributed by atoms with Crippen molar-refractivity contribution in [1.82, 2.24) is 10.2 Å². The van der Waals surface area contributed by atoms with E-state index in [1.807, 2.05) is 36.4 Å². The number of amides is 1. The van der Waals surface area contributed by atoms with Crippen molar-refractivity contribution in [3.63, 3.8) is 0 Å². The maximum atomic E-state index is 13.8. The van der Waals surface area contributed by atoms with Crippen LogP contribution in [0.4, 0.5) is 4.39 Å². The van der Waals surface area contributed by atoms with E-state index in [0.717, 1.165) is 37.4 Å². The Kier molecular flexibility index (Phi) is 5.76. The lowest BCUT2D eigenvalue weighted by atomic mass is 9.95. The second kappa shape index (κ2) is 8.61. The summed E-state index contributed by atoms with van der Waals surface area (Å²) in [6.45, 7) is 3.04. The highest BCUT2D eigenvalue weighted by Gasteiger charge is 2.27. The van der Waals surface area contributed by atoms with Crippen molar-refractivity contribution in [2.24, 2.45) is 5.92 Å². The number of benzene rings is 2. The molecule has 2 aromatic rings. The molecule has 6 heteroatoms. The monoisotopic (exact) mass is 384 g/mol. The molecule has 0 aromatic heterocycles. The molecule has 2 aliphatic heterocycles. The van der Waals surface area contributed by atoms with Crippen LogP contribution in [-0.4, -0.2) is 43.2 Å². The number of likely N-dealkylation sites (tertiary alicyclic amines) is 1. The minimum absolute atomic E-state index is 0.00587. The molecule has 0 saturated carbocycles. The quantitative estimate of drug-likeness (QED) is 0.861. The first kappa shape index (κ1) is 18.7. The van der Waals surface area contributed by atoms with Crippen molar-refractivity contribution in [3.05, 3.63) is 59.9 Å². The number of nitrogens with zero attached hydrogens (tertiary/aromatic N) is 1. The van der Waals surface area contributed by atoms with Crippen LogP contribution in [0.3, 0.4) is 0 Å². The number of hydrogen-bond donors (Lipinski definition) is 1. The Hall–Kier alpha value is -2.60. The van der Waals surface area contributed by atoms with Gasteiger partial charge in [-0.3, -0.25) is 9.69 Å². The Morgan fingerprint density at radius 3 is 2.57 bits per heavy atom. The van der Waals surface area contributed by atoms with Gasteiger partial charge >= 0.3 is 0 Å². The zero-order chi connectivity index (χ0) is 19.3. The highest BCUT2D eigenvalue weighted by Crippen LogP contribution is 2.30. The molecule has 1 atom stereocenters. The van der Waals surface area contributed by atoms with Gasteiger partial charge in [-0.15, -0.1) is 0 Å². The van der Waals surface area contributed by atoms with E-state index in [-0.39, 0.29) is 23.7 Å². The van der Waals surface area contributed by atoms with E-state index < -0.39 is 0 Å². The smallest absolute Gasteiger partial charge is 0.223 e. The van der Waals surface area contributed by atoms with Gasteiger partial charge in [-0.2, -0.15) is 0 Å². The molecule has 2 aliphatic rings. The first-order valence-electron chi connectivity index (χ1n) is 9.81. The summed E-state index contributed by atoms with van der Waals surface area (Å²) >= 11 is 0. The van der Waals surface area contributed by atoms with E-state index in [0.29, 0.717) is 25.3 Å². The molecule has 4 rings (SSSR count). The fourth-order valence-electron chi connectivity index (χ4n) is 3.74. The molecule has 1 fully saturated rings. The molecule has 5 nitrogen and oxygen atoms in total. The zero-order valence-corrected chi connectivity index (χ0v) is 15.8. The summed E-state index contributed by atoms with van der Waals surface area (Å²) < 4.78 is 25.4. The Labute approximate surface area is 164 Å². The number of carbonyl (C=O) groups is 1. The Balaban J connectivity index is 1.21. The van der Waals surface area contributed by atoms with Crippen molar-refractivity contribution in [3.8, 4) is 11.5 Å². The van der Waals surface area contributed by atoms with Crippen molar-refractivity contribution in [2.75, 3.05) is 26.2 Å². The standard InChI is InChI=1S/C22H25FN2O3/c23-19-6-2-1-5-17(19)14-25-11-9-16(10-12-25)22(26)24-13-18-15-27-20-7-3-4-8-21(20)28-18/h1-8,16,18H,9-15H2,(H,24,26). The summed E-state index contributed by atoms with van der Waals surface area (Å²) in [6, 6.07) is 14.4. The average molecular weight is 384 g/mol. The second-order valence-corrected chi connectivity index (χ2v) is 7.38. The second-order valence-electron chi connectivity index (χ2n) is 7.38. The fourth-order valence-corrected chi connectivity index (χ4v) is 3.74. The molecule has 1 unspecified atom stereocenters. The molecule has 2 heterocycles. The van der Waals surface area contributed by atoms with Crippen LogP contribution in [-0.2, 0) is 11.3 Å². The van der Waals surface area contributed by atoms with E-state index in [1.54, 1.807) is 6.07 Å². The van der Waals surface area contributed by atoms with Crippen LogP contribution in [0.1, 0.15) is 18.4 Å². The lowest BCUT2D eigenvalue weighted by Crippen LogP contribution is -2.45. The number of halogens is 1. The highest BCUT2D eigenvalue weighted by molar-refractivity contribution is 5.78. The molecule has 2 aromatic carbocycles. The predicted molar refractivity (Wildman–Crippen MR) is 104 cm³/mol. The van der Waals surface area contributed by atoms with Gasteiger partial charge < -0.3 is 14.8 Å². The Morgan fingerprint density at radius 1 is 1.07 bits per heavy atom. The van der Waals surface area contributed by atoms with Crippen LogP contribution in [0.2, 0.25) is 0 Å². The number of rotatable bonds is 5. The molecule has 1 N–H and O–H groups in total. The van der Waals surface area contributed by atoms with E-state index in [1.165, 1.54) is 6.07 Å². The van der Waals surface area contributed by atoms with Crippen LogP contribution < -0.4 is 14.8 Å². The minimum Gasteiger partial charge on any atom is -0.486 e. The lowest BCUT2D eigenvalue weighted by Gasteiger charge is -2.32. The summed E-state index contributed by atoms with van der Waals surface area (Å²) in [5.74, 6) is 1.35. The van der Waals surface area contributed by atoms with Gasteiger partial charge in [0.15, 0.2) is 11.5 Å². The average Bonchev–Trinajstić information content (AvgIpc) is 2.74. The largest absolute Gasteiger partial charge is 0.486 e. The molecule has 0 spiro atoms. The topological polar surface area (TPSA) is 50.8 Å². The van der Waals surface area contributed by atoms with Crippen LogP contribution in [0, 0.1) is 11.7 Å². The summed E-state index contributed by atoms with van der Waals surface area (Å²) in [6.07, 6.45) is 1.39. The van der Waals surface area contributed by atoms with Gasteiger partial charge in [-0.25, -0.2) is 4.39 Å². The van der Waals surface area contributed by atoms with Gasteiger partial charge in [-0.05, 0) is 44.1 Å². The third-order valence-electron chi connectivity index (χ3n) is 5.38. The normalized spacial score (nSPS) is 20.0. The van der Waals surface area contributed by atoms with Crippen molar-refractivity contribution in [2.45, 2.75) is 25.5 Å². The third kappa shape index (κ3) is 4.44. The number of para-hydroxylation sites is 2. The summed E-state index contributed by atoms with van der Waals surface area (Å²) in [7, 11) is 0. The summed E-state index contributed by atoms with van der Waals surface area (Å²) in [5.41, 5.74) is 0.708. The van der Waals surface area contributed by atoms with Gasteiger partial charge in [-0.1, -0.05) is 30.3 Å². The first-order chi connectivity index (χ1) is 13.7. The van der Waals surface area contributed by atoms with Gasteiger partial charge in [0.05, 0.1) is 6.54 Å². The fraction of sp³-hybridized carbons (Fsp3) is 0.409. The minimum atomic E-state index is -0.181. The zero-order valence-electron chi connectivity index (χ0n) is 15.8. The van der Waals surface area contributed by atoms with E-state index in [2.05, 4.69) is 10.2 Å². The molecular formula is C22H25FN2O3. The van der Waals surface area contributed by atoms with Crippen molar-refractivity contribution >= 4 is 5.91 Å². The SMILES string of the molecule is O=C(NCC1COc2ccccc2O1)C1CCN(Cc2ccccc2F)CC1. The van der Waals surface area contributed by atoms with Gasteiger partial charge in [0.1, 0.15) is 18.5 Å². The highest BCUT2D eigenvalue weighted by atomic mass is 19.1. The molecule has 0 radical (unpaired) electrons. The maximum absolute atomic E-state index is 13.8. The molecular weight excluding hydrogens is 359 g/mol. The number of nitrogens with one attached hydrogen (secondary N) is 1. The Morgan fingerprint density at radius 2 is 1.79 bits per heavy atom. The van der Waals surface area contributed by atoms with Crippen LogP contribution in [0.25, 0.3) is 0 Å². The van der Waals surface area contributed by atoms with Gasteiger partial charge in [0, 0.05) is 18.0 Å². The maximum Gasteiger partial charge on any atom is 0.223 e. The predicted octanol–water partition coefficient (Wildman–Crippen LogP) is 2.99. The molecule has 0 bridgehead atoms. The number of carbonyl (C=O) groups excluding carboxylic acids is 1. The van der Waals surface area contributed by atoms with Crippen molar-refractivity contribution < 1.29 is 18.7 Å². The Bertz CT molecular complexity index is 821. The number of ether oxygens (including phenoxy) is 2. The molecule has 1 amide bonds. The van der Waals surface area contributed by atoms with Crippen LogP contribution >= 0.6 is 0 Å². The molecule has 0 aliphatic carbocycles. The van der Waals surface area contributed by atoms with Crippen molar-refractivity contribution in [1.29, 1.82) is 0 Å². The molecule has 1 saturated heterocycles. The van der Waals surface area contributed by atoms with Gasteiger partial charge in [0.2, 0.25) is 5.91 Å². The molecule has 28 heavy (non-hydrogen) atoms. The number of fused-ring (bicyclic) bond motifs is 1. The summed E-state index contributed by atoms with van der Waals surface area (Å²) in [5, 5.41) is 3.00. The van der Waals surface area contributed by atoms with Gasteiger partial charge in [0.25, 0.3) is 0 Å². The van der Waals surface area contributed by atoms with Crippen LogP contribution in [0.15, 0.2) is 48.5 Å². The number of hydrogen-bond acceptors (Lipinski definition) is 4. The molecule has 148 valence electrons. The van der Waals surface area contributed by atoms with E-state index in [4.69, 9.17) is 9.47 Å². The first-order valence-corrected chi connectivity index (χ1v) is 9.81. The summed E-state index contributed by atoms with van der Waals surface area (Å²) in [4.78, 5) is 14.7. The van der Waals surface area contributed by atoms with Crippen LogP contribution in [0.5, 0.6) is 11.5 Å². The lowest BCUT2D eigenvalue weighted by molar-refractivity contribution is -0.127. The third-order valence-corrected chi connectivity index (χ3v) is 5.38.